The lowest BCUT2D eigenvalue weighted by atomic mass is 10.4. The number of hydrogen-bond acceptors (Lipinski definition) is 5. The zero-order valence-corrected chi connectivity index (χ0v) is 11.0. The van der Waals surface area contributed by atoms with Crippen LogP contribution in [0.1, 0.15) is 21.9 Å². The van der Waals surface area contributed by atoms with Crippen molar-refractivity contribution in [1.82, 2.24) is 19.7 Å². The summed E-state index contributed by atoms with van der Waals surface area (Å²) >= 11 is 0. The van der Waals surface area contributed by atoms with E-state index in [-0.39, 0.29) is 18.2 Å². The van der Waals surface area contributed by atoms with Crippen molar-refractivity contribution < 1.29 is 14.7 Å². The second-order valence-electron chi connectivity index (χ2n) is 4.18. The van der Waals surface area contributed by atoms with Gasteiger partial charge in [-0.1, -0.05) is 0 Å². The van der Waals surface area contributed by atoms with Crippen LogP contribution in [0.3, 0.4) is 0 Å². The predicted octanol–water partition coefficient (Wildman–Crippen LogP) is 0.627. The lowest BCUT2D eigenvalue weighted by Gasteiger charge is -2.07. The molecule has 0 aromatic carbocycles. The number of aliphatic carboxylic acids is 1. The first-order valence-corrected chi connectivity index (χ1v) is 5.83. The monoisotopic (exact) mass is 275 g/mol. The fourth-order valence-electron chi connectivity index (χ4n) is 1.58. The molecule has 8 nitrogen and oxygen atoms in total. The molecule has 0 aliphatic carbocycles. The Morgan fingerprint density at radius 3 is 2.70 bits per heavy atom. The second-order valence-corrected chi connectivity index (χ2v) is 4.18. The third kappa shape index (κ3) is 2.97. The highest BCUT2D eigenvalue weighted by atomic mass is 16.4. The third-order valence-corrected chi connectivity index (χ3v) is 2.69. The van der Waals surface area contributed by atoms with Crippen molar-refractivity contribution >= 4 is 17.8 Å². The number of nitrogens with one attached hydrogen (secondary N) is 1. The van der Waals surface area contributed by atoms with Crippen LogP contribution in [0.15, 0.2) is 18.3 Å². The lowest BCUT2D eigenvalue weighted by Crippen LogP contribution is -2.21. The summed E-state index contributed by atoms with van der Waals surface area (Å²) in [6.45, 7) is 3.23. The fraction of sp³-hybridized carbons (Fsp3) is 0.250. The lowest BCUT2D eigenvalue weighted by molar-refractivity contribution is -0.137. The summed E-state index contributed by atoms with van der Waals surface area (Å²) in [6, 6.07) is 3.12. The Morgan fingerprint density at radius 1 is 1.30 bits per heavy atom. The Kier molecular flexibility index (Phi) is 3.74. The standard InChI is InChI=1S/C12H13N5O3/c1-7-8(2)15-16-12(13-7)14-11(20)9-4-3-5-17(9)6-10(18)19/h3-5H,6H2,1-2H3,(H,18,19)(H,13,14,16,20). The number of aromatic nitrogens is 4. The van der Waals surface area contributed by atoms with E-state index in [9.17, 15) is 9.59 Å². The molecular weight excluding hydrogens is 262 g/mol. The van der Waals surface area contributed by atoms with Gasteiger partial charge >= 0.3 is 5.97 Å². The van der Waals surface area contributed by atoms with Crippen LogP contribution >= 0.6 is 0 Å². The molecule has 0 saturated carbocycles. The minimum Gasteiger partial charge on any atom is -0.480 e. The Bertz CT molecular complexity index is 665. The first-order valence-electron chi connectivity index (χ1n) is 5.83. The number of hydrogen-bond donors (Lipinski definition) is 2. The number of rotatable bonds is 4. The van der Waals surface area contributed by atoms with Gasteiger partial charge in [-0.15, -0.1) is 5.10 Å². The summed E-state index contributed by atoms with van der Waals surface area (Å²) in [5.74, 6) is -1.43. The van der Waals surface area contributed by atoms with Crippen LogP contribution in [0.2, 0.25) is 0 Å². The number of anilines is 1. The summed E-state index contributed by atoms with van der Waals surface area (Å²) in [7, 11) is 0. The Labute approximate surface area is 114 Å². The zero-order chi connectivity index (χ0) is 14.7. The van der Waals surface area contributed by atoms with Crippen molar-refractivity contribution in [2.75, 3.05) is 5.32 Å². The topological polar surface area (TPSA) is 110 Å². The third-order valence-electron chi connectivity index (χ3n) is 2.69. The number of carbonyl (C=O) groups excluding carboxylic acids is 1. The summed E-state index contributed by atoms with van der Waals surface area (Å²) < 4.78 is 1.33. The Hall–Kier alpha value is -2.77. The Morgan fingerprint density at radius 2 is 2.05 bits per heavy atom. The summed E-state index contributed by atoms with van der Waals surface area (Å²) in [4.78, 5) is 26.8. The predicted molar refractivity (Wildman–Crippen MR) is 69.3 cm³/mol. The molecule has 2 aromatic rings. The van der Waals surface area contributed by atoms with Crippen LogP contribution in [0.4, 0.5) is 5.95 Å². The molecule has 2 rings (SSSR count). The maximum atomic E-state index is 12.0. The first-order chi connectivity index (χ1) is 9.47. The molecule has 1 amide bonds. The van der Waals surface area contributed by atoms with Crippen molar-refractivity contribution in [1.29, 1.82) is 0 Å². The van der Waals surface area contributed by atoms with Gasteiger partial charge in [0.1, 0.15) is 12.2 Å². The van der Waals surface area contributed by atoms with Gasteiger partial charge in [0.15, 0.2) is 0 Å². The van der Waals surface area contributed by atoms with E-state index >= 15 is 0 Å². The average molecular weight is 275 g/mol. The zero-order valence-electron chi connectivity index (χ0n) is 11.0. The number of carboxylic acid groups (broad SMARTS) is 1. The summed E-state index contributed by atoms with van der Waals surface area (Å²) in [5, 5.41) is 18.9. The molecule has 0 spiro atoms. The van der Waals surface area contributed by atoms with Crippen molar-refractivity contribution in [3.05, 3.63) is 35.4 Å². The van der Waals surface area contributed by atoms with E-state index < -0.39 is 11.9 Å². The summed E-state index contributed by atoms with van der Waals surface area (Å²) in [6.07, 6.45) is 1.52. The smallest absolute Gasteiger partial charge is 0.323 e. The average Bonchev–Trinajstić information content (AvgIpc) is 2.81. The van der Waals surface area contributed by atoms with Gasteiger partial charge in [-0.25, -0.2) is 4.98 Å². The molecule has 0 radical (unpaired) electrons. The van der Waals surface area contributed by atoms with Crippen molar-refractivity contribution in [2.45, 2.75) is 20.4 Å². The highest BCUT2D eigenvalue weighted by Crippen LogP contribution is 2.07. The van der Waals surface area contributed by atoms with Gasteiger partial charge < -0.3 is 9.67 Å². The second kappa shape index (κ2) is 5.47. The van der Waals surface area contributed by atoms with Crippen molar-refractivity contribution in [3.63, 3.8) is 0 Å². The normalized spacial score (nSPS) is 10.3. The molecule has 8 heteroatoms. The number of carboxylic acids is 1. The van der Waals surface area contributed by atoms with E-state index in [1.165, 1.54) is 16.8 Å². The Balaban J connectivity index is 2.17. The van der Waals surface area contributed by atoms with Gasteiger partial charge in [-0.3, -0.25) is 14.9 Å². The van der Waals surface area contributed by atoms with E-state index in [4.69, 9.17) is 5.11 Å². The molecule has 20 heavy (non-hydrogen) atoms. The van der Waals surface area contributed by atoms with Crippen molar-refractivity contribution in [2.24, 2.45) is 0 Å². The van der Waals surface area contributed by atoms with Crippen LogP contribution in [0, 0.1) is 13.8 Å². The van der Waals surface area contributed by atoms with Gasteiger partial charge in [0, 0.05) is 6.20 Å². The molecule has 0 unspecified atom stereocenters. The van der Waals surface area contributed by atoms with Gasteiger partial charge in [-0.05, 0) is 26.0 Å². The minimum atomic E-state index is -1.03. The van der Waals surface area contributed by atoms with Crippen LogP contribution in [-0.4, -0.2) is 36.7 Å². The molecule has 0 fully saturated rings. The van der Waals surface area contributed by atoms with E-state index in [1.54, 1.807) is 19.9 Å². The number of carbonyl (C=O) groups is 2. The maximum absolute atomic E-state index is 12.0. The van der Waals surface area contributed by atoms with Crippen LogP contribution in [-0.2, 0) is 11.3 Å². The number of nitrogens with zero attached hydrogens (tertiary/aromatic N) is 4. The van der Waals surface area contributed by atoms with E-state index in [2.05, 4.69) is 20.5 Å². The highest BCUT2D eigenvalue weighted by Gasteiger charge is 2.14. The molecule has 0 bridgehead atoms. The van der Waals surface area contributed by atoms with Gasteiger partial charge in [0.05, 0.1) is 11.4 Å². The molecule has 2 heterocycles. The molecule has 0 atom stereocenters. The highest BCUT2D eigenvalue weighted by molar-refractivity contribution is 6.02. The molecule has 2 aromatic heterocycles. The van der Waals surface area contributed by atoms with Gasteiger partial charge in [-0.2, -0.15) is 5.10 Å². The maximum Gasteiger partial charge on any atom is 0.323 e. The van der Waals surface area contributed by atoms with Gasteiger partial charge in [0.2, 0.25) is 5.95 Å². The van der Waals surface area contributed by atoms with Crippen LogP contribution in [0.25, 0.3) is 0 Å². The van der Waals surface area contributed by atoms with Gasteiger partial charge in [0.25, 0.3) is 5.91 Å². The first kappa shape index (κ1) is 13.7. The molecule has 0 aliphatic rings. The minimum absolute atomic E-state index is 0.0844. The molecular formula is C12H13N5O3. The van der Waals surface area contributed by atoms with E-state index in [1.807, 2.05) is 0 Å². The largest absolute Gasteiger partial charge is 0.480 e. The molecule has 104 valence electrons. The van der Waals surface area contributed by atoms with Crippen LogP contribution in [0.5, 0.6) is 0 Å². The van der Waals surface area contributed by atoms with E-state index in [0.29, 0.717) is 11.4 Å². The summed E-state index contributed by atoms with van der Waals surface area (Å²) in [5.41, 5.74) is 1.56. The quantitative estimate of drug-likeness (QED) is 0.846. The molecule has 0 aliphatic heterocycles. The fourth-order valence-corrected chi connectivity index (χ4v) is 1.58. The van der Waals surface area contributed by atoms with Crippen LogP contribution < -0.4 is 5.32 Å². The van der Waals surface area contributed by atoms with E-state index in [0.717, 1.165) is 0 Å². The molecule has 0 saturated heterocycles. The van der Waals surface area contributed by atoms with Crippen molar-refractivity contribution in [3.8, 4) is 0 Å². The number of aryl methyl sites for hydroxylation is 2. The molecule has 2 N–H and O–H groups in total. The SMILES string of the molecule is Cc1nnc(NC(=O)c2cccn2CC(=O)O)nc1C. The number of amides is 1.